The van der Waals surface area contributed by atoms with Gasteiger partial charge in [0.1, 0.15) is 11.6 Å². The Morgan fingerprint density at radius 3 is 2.03 bits per heavy atom. The van der Waals surface area contributed by atoms with Gasteiger partial charge in [0.05, 0.1) is 0 Å². The molecule has 0 radical (unpaired) electrons. The monoisotopic (exact) mass is 490 g/mol. The minimum atomic E-state index is -1.64. The molecule has 6 heteroatoms. The van der Waals surface area contributed by atoms with Crippen LogP contribution in [-0.4, -0.2) is 0 Å². The maximum atomic E-state index is 15.9. The number of halogens is 5. The van der Waals surface area contributed by atoms with Gasteiger partial charge in [0, 0.05) is 23.3 Å². The highest BCUT2D eigenvalue weighted by atomic mass is 19.2. The van der Waals surface area contributed by atoms with E-state index in [0.717, 1.165) is 32.1 Å². The third-order valence-electron chi connectivity index (χ3n) is 6.69. The van der Waals surface area contributed by atoms with Gasteiger partial charge in [-0.05, 0) is 49.1 Å². The zero-order valence-electron chi connectivity index (χ0n) is 19.0. The molecule has 3 aromatic carbocycles. The first-order chi connectivity index (χ1) is 16.4. The van der Waals surface area contributed by atoms with Crippen LogP contribution in [0.3, 0.4) is 0 Å². The summed E-state index contributed by atoms with van der Waals surface area (Å²) in [4.78, 5) is 0. The normalized spacial score (nSPS) is 17.7. The first-order valence-corrected chi connectivity index (χ1v) is 11.8. The summed E-state index contributed by atoms with van der Waals surface area (Å²) < 4.78 is 77.8. The molecule has 0 spiro atoms. The molecule has 35 heavy (non-hydrogen) atoms. The second kappa shape index (κ2) is 11.7. The van der Waals surface area contributed by atoms with E-state index < -0.39 is 34.8 Å². The van der Waals surface area contributed by atoms with Crippen molar-refractivity contribution in [1.29, 1.82) is 0 Å². The van der Waals surface area contributed by atoms with Crippen LogP contribution in [0.2, 0.25) is 0 Å². The Hall–Kier alpha value is -2.89. The number of unbranched alkanes of at least 4 members (excludes halogenated alkanes) is 1. The summed E-state index contributed by atoms with van der Waals surface area (Å²) in [5.41, 5.74) is 0.529. The summed E-state index contributed by atoms with van der Waals surface area (Å²) in [5, 5.41) is 0. The van der Waals surface area contributed by atoms with Gasteiger partial charge in [-0.2, -0.15) is 0 Å². The number of benzene rings is 3. The number of hydrogen-bond donors (Lipinski definition) is 0. The Balaban J connectivity index is 0.00000342. The number of ether oxygens (including phenoxy) is 1. The van der Waals surface area contributed by atoms with Crippen molar-refractivity contribution < 1.29 is 26.7 Å². The summed E-state index contributed by atoms with van der Waals surface area (Å²) >= 11 is 0. The Morgan fingerprint density at radius 1 is 0.800 bits per heavy atom. The van der Waals surface area contributed by atoms with Gasteiger partial charge in [-0.15, -0.1) is 0 Å². The van der Waals surface area contributed by atoms with Gasteiger partial charge in [-0.3, -0.25) is 0 Å². The van der Waals surface area contributed by atoms with Crippen molar-refractivity contribution in [3.05, 3.63) is 83.2 Å². The van der Waals surface area contributed by atoms with Crippen molar-refractivity contribution in [2.24, 2.45) is 5.92 Å². The van der Waals surface area contributed by atoms with E-state index in [1.165, 1.54) is 6.07 Å². The summed E-state index contributed by atoms with van der Waals surface area (Å²) in [7, 11) is 0. The molecule has 1 nitrogen and oxygen atoms in total. The van der Waals surface area contributed by atoms with Crippen LogP contribution in [-0.2, 0) is 0 Å². The molecule has 0 saturated heterocycles. The molecule has 1 fully saturated rings. The second-order valence-corrected chi connectivity index (χ2v) is 8.99. The summed E-state index contributed by atoms with van der Waals surface area (Å²) in [6, 6.07) is 11.0. The lowest BCUT2D eigenvalue weighted by molar-refractivity contribution is 0.294. The fourth-order valence-corrected chi connectivity index (χ4v) is 4.86. The maximum absolute atomic E-state index is 15.9. The van der Waals surface area contributed by atoms with Gasteiger partial charge in [-0.1, -0.05) is 63.9 Å². The van der Waals surface area contributed by atoms with Crippen LogP contribution >= 0.6 is 0 Å². The van der Waals surface area contributed by atoms with E-state index in [0.29, 0.717) is 36.5 Å². The lowest BCUT2D eigenvalue weighted by Gasteiger charge is -2.30. The van der Waals surface area contributed by atoms with Crippen molar-refractivity contribution >= 4 is 0 Å². The van der Waals surface area contributed by atoms with Crippen molar-refractivity contribution in [3.8, 4) is 22.6 Å². The molecule has 1 saturated carbocycles. The summed E-state index contributed by atoms with van der Waals surface area (Å²) in [5.74, 6) is -6.60. The van der Waals surface area contributed by atoms with Crippen molar-refractivity contribution in [2.75, 3.05) is 0 Å². The Kier molecular flexibility index (Phi) is 8.92. The topological polar surface area (TPSA) is 9.23 Å². The Morgan fingerprint density at radius 2 is 1.43 bits per heavy atom. The predicted molar refractivity (Wildman–Crippen MR) is 129 cm³/mol. The van der Waals surface area contributed by atoms with Crippen molar-refractivity contribution in [1.82, 2.24) is 0 Å². The van der Waals surface area contributed by atoms with E-state index in [9.17, 15) is 13.2 Å². The maximum Gasteiger partial charge on any atom is 0.194 e. The molecule has 1 aliphatic rings. The number of rotatable bonds is 7. The minimum absolute atomic E-state index is 0. The molecule has 0 N–H and O–H groups in total. The minimum Gasteiger partial charge on any atom is -0.453 e. The molecular formula is C29H31F5O. The molecule has 0 aromatic heterocycles. The SMILES string of the molecule is C.CCCCC1CCC(c2c(F)cc(-c3ccccc3)c(Oc3cc(F)c(F)c(F)c3)c2F)CC1. The van der Waals surface area contributed by atoms with E-state index in [2.05, 4.69) is 6.92 Å². The average molecular weight is 491 g/mol. The van der Waals surface area contributed by atoms with Gasteiger partial charge in [0.15, 0.2) is 29.0 Å². The van der Waals surface area contributed by atoms with E-state index in [1.54, 1.807) is 30.3 Å². The van der Waals surface area contributed by atoms with Crippen LogP contribution in [0.1, 0.15) is 70.8 Å². The molecule has 0 unspecified atom stereocenters. The van der Waals surface area contributed by atoms with Crippen LogP contribution in [0.25, 0.3) is 11.1 Å². The Labute approximate surface area is 204 Å². The zero-order chi connectivity index (χ0) is 24.2. The van der Waals surface area contributed by atoms with Gasteiger partial charge >= 0.3 is 0 Å². The van der Waals surface area contributed by atoms with E-state index in [-0.39, 0.29) is 30.2 Å². The highest BCUT2D eigenvalue weighted by molar-refractivity contribution is 5.72. The highest BCUT2D eigenvalue weighted by Gasteiger charge is 2.30. The Bertz CT molecular complexity index is 1110. The van der Waals surface area contributed by atoms with Crippen LogP contribution in [0.15, 0.2) is 48.5 Å². The van der Waals surface area contributed by atoms with Crippen molar-refractivity contribution in [2.45, 2.75) is 65.2 Å². The van der Waals surface area contributed by atoms with Gasteiger partial charge in [0.25, 0.3) is 0 Å². The summed E-state index contributed by atoms with van der Waals surface area (Å²) in [6.07, 6.45) is 6.50. The van der Waals surface area contributed by atoms with Crippen molar-refractivity contribution in [3.63, 3.8) is 0 Å². The molecule has 0 heterocycles. The smallest absolute Gasteiger partial charge is 0.194 e. The third kappa shape index (κ3) is 5.85. The molecule has 0 amide bonds. The van der Waals surface area contributed by atoms with E-state index in [4.69, 9.17) is 4.74 Å². The largest absolute Gasteiger partial charge is 0.453 e. The van der Waals surface area contributed by atoms with E-state index in [1.807, 2.05) is 0 Å². The molecule has 0 atom stereocenters. The van der Waals surface area contributed by atoms with E-state index >= 15 is 8.78 Å². The van der Waals surface area contributed by atoms with Crippen LogP contribution < -0.4 is 4.74 Å². The fraction of sp³-hybridized carbons (Fsp3) is 0.379. The van der Waals surface area contributed by atoms with Crippen LogP contribution in [0, 0.1) is 35.0 Å². The second-order valence-electron chi connectivity index (χ2n) is 8.99. The molecule has 0 bridgehead atoms. The fourth-order valence-electron chi connectivity index (χ4n) is 4.86. The van der Waals surface area contributed by atoms with Gasteiger partial charge < -0.3 is 4.74 Å². The zero-order valence-corrected chi connectivity index (χ0v) is 19.0. The lowest BCUT2D eigenvalue weighted by atomic mass is 9.76. The quantitative estimate of drug-likeness (QED) is 0.236. The first kappa shape index (κ1) is 26.7. The molecule has 1 aliphatic carbocycles. The summed E-state index contributed by atoms with van der Waals surface area (Å²) in [6.45, 7) is 2.14. The van der Waals surface area contributed by atoms with Gasteiger partial charge in [-0.25, -0.2) is 22.0 Å². The average Bonchev–Trinajstić information content (AvgIpc) is 2.84. The number of hydrogen-bond acceptors (Lipinski definition) is 1. The lowest BCUT2D eigenvalue weighted by Crippen LogP contribution is -2.16. The predicted octanol–water partition coefficient (Wildman–Crippen LogP) is 9.94. The van der Waals surface area contributed by atoms with Crippen LogP contribution in [0.5, 0.6) is 11.5 Å². The van der Waals surface area contributed by atoms with Gasteiger partial charge in [0.2, 0.25) is 0 Å². The molecule has 3 aromatic rings. The molecule has 0 aliphatic heterocycles. The standard InChI is InChI=1S/C28H27F5O.CH4/c1-2-3-7-17-10-12-19(13-11-17)25-22(29)16-21(18-8-5-4-6-9-18)28(27(25)33)34-20-14-23(30)26(32)24(31)15-20;/h4-6,8-9,14-17,19H,2-3,7,10-13H2,1H3;1H4. The first-order valence-electron chi connectivity index (χ1n) is 11.8. The highest BCUT2D eigenvalue weighted by Crippen LogP contribution is 2.45. The molecule has 188 valence electrons. The van der Waals surface area contributed by atoms with Crippen LogP contribution in [0.4, 0.5) is 22.0 Å². The molecule has 4 rings (SSSR count). The molecular weight excluding hydrogens is 459 g/mol. The third-order valence-corrected chi connectivity index (χ3v) is 6.69.